The highest BCUT2D eigenvalue weighted by molar-refractivity contribution is 6.02. The maximum atomic E-state index is 12.7. The Morgan fingerprint density at radius 1 is 1.11 bits per heavy atom. The SMILES string of the molecule is N#CC(=Cc1ccc2cc(NCCN3CCOCC3)ccc2c1)C(=O)NC1C(O)OC(CO)C(O)C1O. The first-order valence-electron chi connectivity index (χ1n) is 12.2. The van der Waals surface area contributed by atoms with Crippen molar-refractivity contribution in [2.24, 2.45) is 0 Å². The molecule has 0 aliphatic carbocycles. The second-order valence-corrected chi connectivity index (χ2v) is 9.10. The van der Waals surface area contributed by atoms with Crippen molar-refractivity contribution in [2.75, 3.05) is 51.3 Å². The minimum atomic E-state index is -1.67. The van der Waals surface area contributed by atoms with Gasteiger partial charge >= 0.3 is 0 Å². The van der Waals surface area contributed by atoms with E-state index < -0.39 is 43.2 Å². The lowest BCUT2D eigenvalue weighted by atomic mass is 9.96. The van der Waals surface area contributed by atoms with E-state index in [2.05, 4.69) is 15.5 Å². The number of carbonyl (C=O) groups is 1. The molecule has 2 aliphatic heterocycles. The van der Waals surface area contributed by atoms with E-state index in [0.717, 1.165) is 55.9 Å². The van der Waals surface area contributed by atoms with E-state index in [-0.39, 0.29) is 5.57 Å². The lowest BCUT2D eigenvalue weighted by Crippen LogP contribution is -2.64. The second kappa shape index (κ2) is 12.4. The molecule has 2 aromatic rings. The molecule has 11 nitrogen and oxygen atoms in total. The summed E-state index contributed by atoms with van der Waals surface area (Å²) in [4.78, 5) is 15.0. The maximum absolute atomic E-state index is 12.7. The van der Waals surface area contributed by atoms with E-state index in [0.29, 0.717) is 5.56 Å². The summed E-state index contributed by atoms with van der Waals surface area (Å²) in [6.45, 7) is 4.57. The predicted molar refractivity (Wildman–Crippen MR) is 135 cm³/mol. The normalized spacial score (nSPS) is 27.0. The van der Waals surface area contributed by atoms with E-state index in [1.807, 2.05) is 36.4 Å². The van der Waals surface area contributed by atoms with Gasteiger partial charge in [-0.25, -0.2) is 0 Å². The smallest absolute Gasteiger partial charge is 0.262 e. The predicted octanol–water partition coefficient (Wildman–Crippen LogP) is -0.593. The number of nitrogens with one attached hydrogen (secondary N) is 2. The molecule has 11 heteroatoms. The van der Waals surface area contributed by atoms with Crippen LogP contribution in [0.4, 0.5) is 5.69 Å². The summed E-state index contributed by atoms with van der Waals surface area (Å²) in [5, 5.41) is 56.7. The van der Waals surface area contributed by atoms with Crippen LogP contribution in [-0.4, -0.2) is 108 Å². The van der Waals surface area contributed by atoms with Gasteiger partial charge in [-0.15, -0.1) is 0 Å². The Balaban J connectivity index is 1.40. The molecule has 2 heterocycles. The summed E-state index contributed by atoms with van der Waals surface area (Å²) in [5.74, 6) is -0.844. The summed E-state index contributed by atoms with van der Waals surface area (Å²) < 4.78 is 10.4. The molecule has 0 bridgehead atoms. The van der Waals surface area contributed by atoms with Crippen LogP contribution in [0.3, 0.4) is 0 Å². The zero-order chi connectivity index (χ0) is 26.4. The highest BCUT2D eigenvalue weighted by atomic mass is 16.6. The number of benzene rings is 2. The van der Waals surface area contributed by atoms with Gasteiger partial charge in [0.05, 0.1) is 19.8 Å². The molecule has 2 aromatic carbocycles. The van der Waals surface area contributed by atoms with Gasteiger partial charge in [-0.2, -0.15) is 5.26 Å². The van der Waals surface area contributed by atoms with Crippen LogP contribution in [0, 0.1) is 11.3 Å². The van der Waals surface area contributed by atoms with Crippen molar-refractivity contribution in [3.05, 3.63) is 47.5 Å². The van der Waals surface area contributed by atoms with Gasteiger partial charge in [-0.05, 0) is 40.6 Å². The van der Waals surface area contributed by atoms with Gasteiger partial charge in [-0.3, -0.25) is 9.69 Å². The summed E-state index contributed by atoms with van der Waals surface area (Å²) in [7, 11) is 0. The number of ether oxygens (including phenoxy) is 2. The van der Waals surface area contributed by atoms with Gasteiger partial charge in [0.25, 0.3) is 5.91 Å². The van der Waals surface area contributed by atoms with Crippen molar-refractivity contribution in [1.29, 1.82) is 5.26 Å². The number of nitriles is 1. The minimum Gasteiger partial charge on any atom is -0.394 e. The minimum absolute atomic E-state index is 0.251. The molecule has 6 N–H and O–H groups in total. The number of fused-ring (bicyclic) bond motifs is 1. The number of hydrogen-bond acceptors (Lipinski definition) is 10. The summed E-state index contributed by atoms with van der Waals surface area (Å²) >= 11 is 0. The highest BCUT2D eigenvalue weighted by Gasteiger charge is 2.44. The van der Waals surface area contributed by atoms with Crippen molar-refractivity contribution in [2.45, 2.75) is 30.6 Å². The number of morpholine rings is 1. The fraction of sp³-hybridized carbons (Fsp3) is 0.462. The molecule has 0 radical (unpaired) electrons. The van der Waals surface area contributed by atoms with Crippen molar-refractivity contribution in [3.8, 4) is 6.07 Å². The van der Waals surface area contributed by atoms with Gasteiger partial charge < -0.3 is 40.5 Å². The number of hydrogen-bond donors (Lipinski definition) is 6. The first-order valence-corrected chi connectivity index (χ1v) is 12.2. The van der Waals surface area contributed by atoms with Crippen LogP contribution in [0.2, 0.25) is 0 Å². The largest absolute Gasteiger partial charge is 0.394 e. The number of aliphatic hydroxyl groups excluding tert-OH is 4. The number of anilines is 1. The van der Waals surface area contributed by atoms with Gasteiger partial charge in [0.1, 0.15) is 36.0 Å². The van der Waals surface area contributed by atoms with E-state index in [1.54, 1.807) is 6.07 Å². The third kappa shape index (κ3) is 6.63. The summed E-state index contributed by atoms with van der Waals surface area (Å²) in [5.41, 5.74) is 1.37. The molecule has 5 unspecified atom stereocenters. The fourth-order valence-corrected chi connectivity index (χ4v) is 4.44. The molecule has 198 valence electrons. The van der Waals surface area contributed by atoms with Crippen LogP contribution >= 0.6 is 0 Å². The molecule has 2 saturated heterocycles. The lowest BCUT2D eigenvalue weighted by Gasteiger charge is -2.40. The third-order valence-electron chi connectivity index (χ3n) is 6.60. The molecular formula is C26H32N4O7. The van der Waals surface area contributed by atoms with Gasteiger partial charge in [0, 0.05) is 31.9 Å². The molecule has 5 atom stereocenters. The average Bonchev–Trinajstić information content (AvgIpc) is 2.92. The lowest BCUT2D eigenvalue weighted by molar-refractivity contribution is -0.253. The van der Waals surface area contributed by atoms with Crippen molar-refractivity contribution in [1.82, 2.24) is 10.2 Å². The third-order valence-corrected chi connectivity index (χ3v) is 6.60. The molecule has 37 heavy (non-hydrogen) atoms. The van der Waals surface area contributed by atoms with Crippen LogP contribution in [0.1, 0.15) is 5.56 Å². The maximum Gasteiger partial charge on any atom is 0.262 e. The first-order chi connectivity index (χ1) is 17.9. The average molecular weight is 513 g/mol. The zero-order valence-electron chi connectivity index (χ0n) is 20.3. The molecule has 0 saturated carbocycles. The molecule has 2 aliphatic rings. The monoisotopic (exact) mass is 512 g/mol. The highest BCUT2D eigenvalue weighted by Crippen LogP contribution is 2.23. The molecule has 0 aromatic heterocycles. The number of aliphatic hydroxyl groups is 4. The Morgan fingerprint density at radius 2 is 1.84 bits per heavy atom. The first kappa shape index (κ1) is 27.0. The standard InChI is InChI=1S/C26H32N4O7/c27-14-19(25(34)29-22-24(33)23(32)21(15-31)37-26(22)35)12-16-1-2-18-13-20(4-3-17(18)11-16)28-5-6-30-7-9-36-10-8-30/h1-4,11-13,21-24,26,28,31-33,35H,5-10,15H2,(H,29,34). The van der Waals surface area contributed by atoms with E-state index in [9.17, 15) is 30.5 Å². The van der Waals surface area contributed by atoms with E-state index in [1.165, 1.54) is 6.08 Å². The van der Waals surface area contributed by atoms with Crippen LogP contribution < -0.4 is 10.6 Å². The number of amides is 1. The quantitative estimate of drug-likeness (QED) is 0.199. The number of nitrogens with zero attached hydrogens (tertiary/aromatic N) is 2. The Morgan fingerprint density at radius 3 is 2.57 bits per heavy atom. The molecule has 0 spiro atoms. The Bertz CT molecular complexity index is 1160. The second-order valence-electron chi connectivity index (χ2n) is 9.10. The fourth-order valence-electron chi connectivity index (χ4n) is 4.44. The van der Waals surface area contributed by atoms with Crippen LogP contribution in [-0.2, 0) is 14.3 Å². The van der Waals surface area contributed by atoms with Gasteiger partial charge in [0.15, 0.2) is 6.29 Å². The molecule has 2 fully saturated rings. The number of carbonyl (C=O) groups excluding carboxylic acids is 1. The van der Waals surface area contributed by atoms with Crippen LogP contribution in [0.25, 0.3) is 16.8 Å². The zero-order valence-corrected chi connectivity index (χ0v) is 20.3. The van der Waals surface area contributed by atoms with Gasteiger partial charge in [0.2, 0.25) is 0 Å². The van der Waals surface area contributed by atoms with E-state index >= 15 is 0 Å². The Hall–Kier alpha value is -3.08. The van der Waals surface area contributed by atoms with Crippen LogP contribution in [0.15, 0.2) is 42.0 Å². The van der Waals surface area contributed by atoms with Crippen molar-refractivity contribution >= 4 is 28.4 Å². The topological polar surface area (TPSA) is 168 Å². The molecule has 1 amide bonds. The van der Waals surface area contributed by atoms with Crippen molar-refractivity contribution in [3.63, 3.8) is 0 Å². The van der Waals surface area contributed by atoms with Crippen LogP contribution in [0.5, 0.6) is 0 Å². The number of rotatable bonds is 8. The van der Waals surface area contributed by atoms with E-state index in [4.69, 9.17) is 9.47 Å². The summed E-state index contributed by atoms with van der Waals surface area (Å²) in [6, 6.07) is 12.0. The van der Waals surface area contributed by atoms with Crippen molar-refractivity contribution < 1.29 is 34.7 Å². The van der Waals surface area contributed by atoms with Gasteiger partial charge in [-0.1, -0.05) is 18.2 Å². The Labute approximate surface area is 214 Å². The summed E-state index contributed by atoms with van der Waals surface area (Å²) in [6.07, 6.45) is -4.58. The molecular weight excluding hydrogens is 480 g/mol. The molecule has 4 rings (SSSR count). The Kier molecular flexibility index (Phi) is 9.07.